The number of piperazine rings is 1. The summed E-state index contributed by atoms with van der Waals surface area (Å²) in [6.45, 7) is 9.25. The molecule has 124 valence electrons. The van der Waals surface area contributed by atoms with Crippen molar-refractivity contribution in [1.29, 1.82) is 0 Å². The maximum atomic E-state index is 4.49. The molecule has 1 fully saturated rings. The summed E-state index contributed by atoms with van der Waals surface area (Å²) < 4.78 is 1.90. The smallest absolute Gasteiger partial charge is 0.135 e. The van der Waals surface area contributed by atoms with Crippen molar-refractivity contribution in [3.05, 3.63) is 53.7 Å². The lowest BCUT2D eigenvalue weighted by Crippen LogP contribution is -2.46. The summed E-state index contributed by atoms with van der Waals surface area (Å²) in [4.78, 5) is 13.6. The molecule has 0 amide bonds. The zero-order valence-corrected chi connectivity index (χ0v) is 14.2. The van der Waals surface area contributed by atoms with Crippen molar-refractivity contribution >= 4 is 11.3 Å². The predicted molar refractivity (Wildman–Crippen MR) is 94.2 cm³/mol. The number of hydrogen-bond acceptors (Lipinski definition) is 5. The van der Waals surface area contributed by atoms with Gasteiger partial charge in [0.15, 0.2) is 0 Å². The highest BCUT2D eigenvalue weighted by molar-refractivity contribution is 5.48. The van der Waals surface area contributed by atoms with Crippen LogP contribution in [0.25, 0.3) is 5.52 Å². The number of nitrogens with zero attached hydrogens (tertiary/aromatic N) is 6. The first-order valence-electron chi connectivity index (χ1n) is 8.38. The Labute approximate surface area is 141 Å². The van der Waals surface area contributed by atoms with Crippen LogP contribution in [0.1, 0.15) is 16.8 Å². The Morgan fingerprint density at radius 1 is 1.04 bits per heavy atom. The van der Waals surface area contributed by atoms with Crippen LogP contribution < -0.4 is 4.90 Å². The van der Waals surface area contributed by atoms with Crippen molar-refractivity contribution in [2.45, 2.75) is 20.4 Å². The van der Waals surface area contributed by atoms with Gasteiger partial charge in [0.25, 0.3) is 0 Å². The van der Waals surface area contributed by atoms with Crippen LogP contribution in [0.15, 0.2) is 36.9 Å². The second-order valence-electron chi connectivity index (χ2n) is 6.41. The van der Waals surface area contributed by atoms with Crippen molar-refractivity contribution in [3.8, 4) is 0 Å². The molecule has 6 heteroatoms. The van der Waals surface area contributed by atoms with Crippen LogP contribution in [0, 0.1) is 13.8 Å². The van der Waals surface area contributed by atoms with Crippen LogP contribution in [0.5, 0.6) is 0 Å². The van der Waals surface area contributed by atoms with E-state index in [0.717, 1.165) is 49.8 Å². The maximum Gasteiger partial charge on any atom is 0.135 e. The second kappa shape index (κ2) is 6.20. The highest BCUT2D eigenvalue weighted by Gasteiger charge is 2.20. The molecule has 0 N–H and O–H groups in total. The molecule has 0 radical (unpaired) electrons. The van der Waals surface area contributed by atoms with Crippen LogP contribution in [0.3, 0.4) is 0 Å². The molecule has 1 aliphatic rings. The van der Waals surface area contributed by atoms with Gasteiger partial charge in [-0.1, -0.05) is 0 Å². The van der Waals surface area contributed by atoms with Gasteiger partial charge in [0, 0.05) is 56.4 Å². The van der Waals surface area contributed by atoms with Gasteiger partial charge in [0.05, 0.1) is 5.52 Å². The zero-order chi connectivity index (χ0) is 16.5. The van der Waals surface area contributed by atoms with Crippen molar-refractivity contribution in [3.63, 3.8) is 0 Å². The number of fused-ring (bicyclic) bond motifs is 1. The Hall–Kier alpha value is -2.47. The van der Waals surface area contributed by atoms with E-state index in [4.69, 9.17) is 0 Å². The summed E-state index contributed by atoms with van der Waals surface area (Å²) in [5.41, 5.74) is 4.75. The Bertz CT molecular complexity index is 848. The van der Waals surface area contributed by atoms with E-state index in [9.17, 15) is 0 Å². The first-order chi connectivity index (χ1) is 11.7. The summed E-state index contributed by atoms with van der Waals surface area (Å²) >= 11 is 0. The fraction of sp³-hybridized carbons (Fsp3) is 0.389. The van der Waals surface area contributed by atoms with E-state index in [1.807, 2.05) is 29.9 Å². The minimum Gasteiger partial charge on any atom is -0.354 e. The predicted octanol–water partition coefficient (Wildman–Crippen LogP) is 2.06. The molecule has 0 aromatic carbocycles. The van der Waals surface area contributed by atoms with E-state index in [-0.39, 0.29) is 0 Å². The highest BCUT2D eigenvalue weighted by Crippen LogP contribution is 2.20. The summed E-state index contributed by atoms with van der Waals surface area (Å²) in [7, 11) is 0. The van der Waals surface area contributed by atoms with Gasteiger partial charge in [-0.05, 0) is 37.6 Å². The third-order valence-electron chi connectivity index (χ3n) is 4.85. The zero-order valence-electron chi connectivity index (χ0n) is 14.2. The van der Waals surface area contributed by atoms with E-state index in [1.165, 1.54) is 11.1 Å². The van der Waals surface area contributed by atoms with Gasteiger partial charge in [0.2, 0.25) is 0 Å². The second-order valence-corrected chi connectivity index (χ2v) is 6.41. The van der Waals surface area contributed by atoms with E-state index < -0.39 is 0 Å². The summed E-state index contributed by atoms with van der Waals surface area (Å²) in [5.74, 6) is 1.09. The molecule has 0 bridgehead atoms. The van der Waals surface area contributed by atoms with Crippen LogP contribution in [-0.4, -0.2) is 50.7 Å². The van der Waals surface area contributed by atoms with Gasteiger partial charge in [-0.2, -0.15) is 5.10 Å². The van der Waals surface area contributed by atoms with E-state index in [2.05, 4.69) is 43.9 Å². The molecule has 6 nitrogen and oxygen atoms in total. The Morgan fingerprint density at radius 3 is 2.71 bits per heavy atom. The summed E-state index contributed by atoms with van der Waals surface area (Å²) in [6, 6.07) is 6.42. The lowest BCUT2D eigenvalue weighted by Gasteiger charge is -2.36. The lowest BCUT2D eigenvalue weighted by atomic mass is 10.2. The Kier molecular flexibility index (Phi) is 3.90. The third-order valence-corrected chi connectivity index (χ3v) is 4.85. The van der Waals surface area contributed by atoms with Crippen molar-refractivity contribution in [2.75, 3.05) is 31.1 Å². The lowest BCUT2D eigenvalue weighted by molar-refractivity contribution is 0.249. The quantitative estimate of drug-likeness (QED) is 0.739. The number of aromatic nitrogens is 4. The van der Waals surface area contributed by atoms with Crippen LogP contribution >= 0.6 is 0 Å². The molecule has 1 saturated heterocycles. The Balaban J connectivity index is 1.41. The standard InChI is InChI=1S/C18H22N6/c1-14-15(2)19-13-20-18(14)23-9-7-22(8-10-23)12-16-4-6-24-17(11-16)3-5-21-24/h3-6,11,13H,7-10,12H2,1-2H3. The Morgan fingerprint density at radius 2 is 1.88 bits per heavy atom. The van der Waals surface area contributed by atoms with E-state index >= 15 is 0 Å². The monoisotopic (exact) mass is 322 g/mol. The molecule has 0 saturated carbocycles. The fourth-order valence-electron chi connectivity index (χ4n) is 3.29. The first-order valence-corrected chi connectivity index (χ1v) is 8.38. The topological polar surface area (TPSA) is 49.6 Å². The number of pyridine rings is 1. The maximum absolute atomic E-state index is 4.49. The molecule has 3 aromatic heterocycles. The van der Waals surface area contributed by atoms with E-state index in [0.29, 0.717) is 0 Å². The molecule has 0 unspecified atom stereocenters. The van der Waals surface area contributed by atoms with Crippen molar-refractivity contribution in [1.82, 2.24) is 24.5 Å². The molecule has 3 aromatic rings. The average molecular weight is 322 g/mol. The van der Waals surface area contributed by atoms with Crippen LogP contribution in [0.2, 0.25) is 0 Å². The van der Waals surface area contributed by atoms with Gasteiger partial charge >= 0.3 is 0 Å². The number of aryl methyl sites for hydroxylation is 1. The molecule has 0 atom stereocenters. The van der Waals surface area contributed by atoms with Crippen molar-refractivity contribution in [2.24, 2.45) is 0 Å². The third kappa shape index (κ3) is 2.85. The number of rotatable bonds is 3. The van der Waals surface area contributed by atoms with Gasteiger partial charge < -0.3 is 4.90 Å². The molecule has 0 spiro atoms. The summed E-state index contributed by atoms with van der Waals surface area (Å²) in [6.07, 6.45) is 5.54. The molecular weight excluding hydrogens is 300 g/mol. The molecule has 1 aliphatic heterocycles. The molecule has 0 aliphatic carbocycles. The van der Waals surface area contributed by atoms with Crippen LogP contribution in [-0.2, 0) is 6.54 Å². The summed E-state index contributed by atoms with van der Waals surface area (Å²) in [5, 5.41) is 4.25. The van der Waals surface area contributed by atoms with Gasteiger partial charge in [0.1, 0.15) is 12.1 Å². The first kappa shape index (κ1) is 15.1. The van der Waals surface area contributed by atoms with Gasteiger partial charge in [-0.15, -0.1) is 0 Å². The van der Waals surface area contributed by atoms with Crippen LogP contribution in [0.4, 0.5) is 5.82 Å². The fourth-order valence-corrected chi connectivity index (χ4v) is 3.29. The SMILES string of the molecule is Cc1ncnc(N2CCN(Cc3ccn4nccc4c3)CC2)c1C. The van der Waals surface area contributed by atoms with E-state index in [1.54, 1.807) is 6.33 Å². The molecule has 4 heterocycles. The number of anilines is 1. The molecule has 24 heavy (non-hydrogen) atoms. The number of hydrogen-bond donors (Lipinski definition) is 0. The van der Waals surface area contributed by atoms with Gasteiger partial charge in [-0.3, -0.25) is 4.90 Å². The molecular formula is C18H22N6. The average Bonchev–Trinajstić information content (AvgIpc) is 3.06. The van der Waals surface area contributed by atoms with Gasteiger partial charge in [-0.25, -0.2) is 14.5 Å². The highest BCUT2D eigenvalue weighted by atomic mass is 15.3. The minimum atomic E-state index is 0.983. The largest absolute Gasteiger partial charge is 0.354 e. The minimum absolute atomic E-state index is 0.983. The normalized spacial score (nSPS) is 16.0. The molecule has 4 rings (SSSR count). The van der Waals surface area contributed by atoms with Crippen molar-refractivity contribution < 1.29 is 0 Å².